The largest absolute Gasteiger partial charge is 0.380 e. The number of rotatable bonds is 2. The molecular weight excluding hydrogens is 206 g/mol. The number of anilines is 1. The highest BCUT2D eigenvalue weighted by Gasteiger charge is 2.25. The minimum atomic E-state index is 0.164. The number of hydrogen-bond donors (Lipinski definition) is 2. The second-order valence-corrected chi connectivity index (χ2v) is 4.10. The minimum absolute atomic E-state index is 0.164. The molecule has 1 fully saturated rings. The Hall–Kier alpha value is -1.72. The molecule has 16 heavy (non-hydrogen) atoms. The fourth-order valence-electron chi connectivity index (χ4n) is 1.78. The van der Waals surface area contributed by atoms with E-state index in [1.165, 1.54) is 29.7 Å². The van der Waals surface area contributed by atoms with E-state index >= 15 is 0 Å². The quantitative estimate of drug-likeness (QED) is 0.792. The summed E-state index contributed by atoms with van der Waals surface area (Å²) < 4.78 is 0. The van der Waals surface area contributed by atoms with E-state index in [0.717, 1.165) is 5.69 Å². The average molecular weight is 219 g/mol. The summed E-state index contributed by atoms with van der Waals surface area (Å²) >= 11 is 0. The van der Waals surface area contributed by atoms with Crippen LogP contribution in [0, 0.1) is 0 Å². The molecule has 3 N–H and O–H groups in total. The zero-order valence-corrected chi connectivity index (χ0v) is 8.71. The Morgan fingerprint density at radius 1 is 1.38 bits per heavy atom. The fourth-order valence-corrected chi connectivity index (χ4v) is 1.78. The van der Waals surface area contributed by atoms with Gasteiger partial charge in [-0.15, -0.1) is 4.94 Å². The van der Waals surface area contributed by atoms with Gasteiger partial charge in [-0.3, -0.25) is 5.21 Å². The van der Waals surface area contributed by atoms with Crippen LogP contribution in [0.3, 0.4) is 0 Å². The SMILES string of the molecule is NC1=CN(c2cccc(C3CC3)c2)ON1O. The van der Waals surface area contributed by atoms with Crippen molar-refractivity contribution in [3.63, 3.8) is 0 Å². The van der Waals surface area contributed by atoms with Crippen LogP contribution < -0.4 is 10.8 Å². The lowest BCUT2D eigenvalue weighted by Crippen LogP contribution is -2.22. The third-order valence-electron chi connectivity index (χ3n) is 2.81. The molecule has 2 aliphatic rings. The predicted octanol–water partition coefficient (Wildman–Crippen LogP) is 1.68. The van der Waals surface area contributed by atoms with E-state index in [1.54, 1.807) is 0 Å². The number of benzene rings is 1. The van der Waals surface area contributed by atoms with Crippen LogP contribution in [0.4, 0.5) is 5.69 Å². The van der Waals surface area contributed by atoms with Crippen molar-refractivity contribution < 1.29 is 10.1 Å². The molecule has 0 spiro atoms. The van der Waals surface area contributed by atoms with Gasteiger partial charge in [0, 0.05) is 0 Å². The zero-order valence-electron chi connectivity index (χ0n) is 8.71. The van der Waals surface area contributed by atoms with E-state index in [4.69, 9.17) is 10.7 Å². The molecule has 1 heterocycles. The first-order valence-corrected chi connectivity index (χ1v) is 5.27. The average Bonchev–Trinajstić information content (AvgIpc) is 3.07. The third-order valence-corrected chi connectivity index (χ3v) is 2.81. The Bertz CT molecular complexity index is 443. The van der Waals surface area contributed by atoms with E-state index in [0.29, 0.717) is 11.1 Å². The van der Waals surface area contributed by atoms with Gasteiger partial charge in [-0.05, 0) is 36.5 Å². The predicted molar refractivity (Wildman–Crippen MR) is 57.9 cm³/mol. The van der Waals surface area contributed by atoms with E-state index in [1.807, 2.05) is 12.1 Å². The van der Waals surface area contributed by atoms with Crippen molar-refractivity contribution in [2.75, 3.05) is 5.06 Å². The molecule has 0 aromatic heterocycles. The van der Waals surface area contributed by atoms with Crippen molar-refractivity contribution >= 4 is 5.69 Å². The summed E-state index contributed by atoms with van der Waals surface area (Å²) in [5.41, 5.74) is 7.66. The molecule has 5 heteroatoms. The lowest BCUT2D eigenvalue weighted by Gasteiger charge is -2.15. The second kappa shape index (κ2) is 3.40. The van der Waals surface area contributed by atoms with Gasteiger partial charge < -0.3 is 5.73 Å². The zero-order chi connectivity index (χ0) is 11.1. The first kappa shape index (κ1) is 9.50. The van der Waals surface area contributed by atoms with Gasteiger partial charge in [0.15, 0.2) is 5.82 Å². The van der Waals surface area contributed by atoms with Gasteiger partial charge in [-0.2, -0.15) is 5.06 Å². The maximum Gasteiger partial charge on any atom is 0.176 e. The molecule has 0 atom stereocenters. The molecule has 0 amide bonds. The monoisotopic (exact) mass is 219 g/mol. The van der Waals surface area contributed by atoms with Gasteiger partial charge in [0.05, 0.1) is 11.9 Å². The summed E-state index contributed by atoms with van der Waals surface area (Å²) in [5.74, 6) is 0.853. The Morgan fingerprint density at radius 2 is 2.19 bits per heavy atom. The van der Waals surface area contributed by atoms with Gasteiger partial charge in [0.25, 0.3) is 0 Å². The smallest absolute Gasteiger partial charge is 0.176 e. The number of hydrogen-bond acceptors (Lipinski definition) is 5. The summed E-state index contributed by atoms with van der Waals surface area (Å²) in [7, 11) is 0. The van der Waals surface area contributed by atoms with Gasteiger partial charge in [0.2, 0.25) is 0 Å². The molecule has 1 aliphatic heterocycles. The molecule has 1 saturated carbocycles. The Kier molecular flexibility index (Phi) is 2.02. The molecule has 0 unspecified atom stereocenters. The molecule has 5 nitrogen and oxygen atoms in total. The van der Waals surface area contributed by atoms with Gasteiger partial charge in [0.1, 0.15) is 0 Å². The summed E-state index contributed by atoms with van der Waals surface area (Å²) in [4.78, 5) is 5.02. The van der Waals surface area contributed by atoms with E-state index in [9.17, 15) is 5.21 Å². The Morgan fingerprint density at radius 3 is 2.81 bits per heavy atom. The topological polar surface area (TPSA) is 62.0 Å². The first-order chi connectivity index (χ1) is 7.74. The number of nitrogens with two attached hydrogens (primary N) is 1. The van der Waals surface area contributed by atoms with Gasteiger partial charge in [-0.1, -0.05) is 17.4 Å². The minimum Gasteiger partial charge on any atom is -0.380 e. The maximum absolute atomic E-state index is 9.20. The Balaban J connectivity index is 1.86. The van der Waals surface area contributed by atoms with Crippen molar-refractivity contribution in [1.82, 2.24) is 5.23 Å². The number of hydroxylamine groups is 3. The van der Waals surface area contributed by atoms with Crippen LogP contribution in [-0.4, -0.2) is 10.4 Å². The fraction of sp³-hybridized carbons (Fsp3) is 0.273. The highest BCUT2D eigenvalue weighted by molar-refractivity contribution is 5.50. The molecular formula is C11H13N3O2. The van der Waals surface area contributed by atoms with Crippen LogP contribution in [-0.2, 0) is 4.94 Å². The third kappa shape index (κ3) is 1.60. The molecule has 1 aliphatic carbocycles. The van der Waals surface area contributed by atoms with Crippen molar-refractivity contribution in [3.05, 3.63) is 41.8 Å². The molecule has 1 aromatic rings. The standard InChI is InChI=1S/C11H13N3O2/c12-11-7-13(16-14(11)15)10-3-1-2-9(6-10)8-4-5-8/h1-3,6-8,15H,4-5,12H2. The second-order valence-electron chi connectivity index (χ2n) is 4.10. The molecule has 3 rings (SSSR count). The maximum atomic E-state index is 9.20. The highest BCUT2D eigenvalue weighted by atomic mass is 17.0. The summed E-state index contributed by atoms with van der Waals surface area (Å²) in [6.45, 7) is 0. The van der Waals surface area contributed by atoms with Crippen LogP contribution in [0.2, 0.25) is 0 Å². The molecule has 1 aromatic carbocycles. The van der Waals surface area contributed by atoms with Crippen molar-refractivity contribution in [3.8, 4) is 0 Å². The van der Waals surface area contributed by atoms with E-state index < -0.39 is 0 Å². The summed E-state index contributed by atoms with van der Waals surface area (Å²) in [6, 6.07) is 8.06. The van der Waals surface area contributed by atoms with Crippen molar-refractivity contribution in [1.29, 1.82) is 0 Å². The van der Waals surface area contributed by atoms with Crippen LogP contribution in [0.15, 0.2) is 36.3 Å². The van der Waals surface area contributed by atoms with E-state index in [2.05, 4.69) is 12.1 Å². The van der Waals surface area contributed by atoms with Gasteiger partial charge in [-0.25, -0.2) is 0 Å². The summed E-state index contributed by atoms with van der Waals surface area (Å²) in [6.07, 6.45) is 4.05. The van der Waals surface area contributed by atoms with Crippen LogP contribution >= 0.6 is 0 Å². The molecule has 0 saturated heterocycles. The molecule has 0 radical (unpaired) electrons. The molecule has 84 valence electrons. The van der Waals surface area contributed by atoms with Crippen LogP contribution in [0.1, 0.15) is 24.3 Å². The molecule has 0 bridgehead atoms. The van der Waals surface area contributed by atoms with Crippen molar-refractivity contribution in [2.24, 2.45) is 5.73 Å². The Labute approximate surface area is 93.2 Å². The van der Waals surface area contributed by atoms with Crippen LogP contribution in [0.25, 0.3) is 0 Å². The van der Waals surface area contributed by atoms with E-state index in [-0.39, 0.29) is 5.82 Å². The normalized spacial score (nSPS) is 20.2. The highest BCUT2D eigenvalue weighted by Crippen LogP contribution is 2.41. The van der Waals surface area contributed by atoms with Crippen LogP contribution in [0.5, 0.6) is 0 Å². The lowest BCUT2D eigenvalue weighted by atomic mass is 10.1. The van der Waals surface area contributed by atoms with Gasteiger partial charge >= 0.3 is 0 Å². The number of nitrogens with zero attached hydrogens (tertiary/aromatic N) is 2. The van der Waals surface area contributed by atoms with Crippen molar-refractivity contribution in [2.45, 2.75) is 18.8 Å². The summed E-state index contributed by atoms with van der Waals surface area (Å²) in [5, 5.41) is 11.2. The lowest BCUT2D eigenvalue weighted by molar-refractivity contribution is -0.304. The first-order valence-electron chi connectivity index (χ1n) is 5.27.